The molecule has 0 radical (unpaired) electrons. The maximum atomic E-state index is 9.12. The van der Waals surface area contributed by atoms with Crippen LogP contribution < -0.4 is 0 Å². The minimum Gasteiger partial charge on any atom is -0.381 e. The average Bonchev–Trinajstić information content (AvgIpc) is 2.03. The van der Waals surface area contributed by atoms with Crippen LogP contribution in [-0.2, 0) is 4.74 Å². The van der Waals surface area contributed by atoms with E-state index in [1.54, 1.807) is 19.3 Å². The normalized spacial score (nSPS) is 22.4. The van der Waals surface area contributed by atoms with E-state index in [2.05, 4.69) is 0 Å². The van der Waals surface area contributed by atoms with Gasteiger partial charge in [-0.05, 0) is 17.7 Å². The fourth-order valence-corrected chi connectivity index (χ4v) is 1.58. The summed E-state index contributed by atoms with van der Waals surface area (Å²) in [7, 11) is -0.971. The van der Waals surface area contributed by atoms with E-state index < -0.39 is 10.6 Å². The fraction of sp³-hybridized carbons (Fsp3) is 0.250. The zero-order chi connectivity index (χ0) is 9.03. The maximum Gasteiger partial charge on any atom is 0.0652 e. The molecule has 0 saturated carbocycles. The second kappa shape index (κ2) is 3.91. The zero-order valence-electron chi connectivity index (χ0n) is 6.80. The molecule has 0 aromatic carbocycles. The van der Waals surface area contributed by atoms with Gasteiger partial charge in [0.15, 0.2) is 0 Å². The van der Waals surface area contributed by atoms with Gasteiger partial charge >= 0.3 is 0 Å². The standard InChI is InChI=1S/C8H12O3S/c1-11-5-2-8-3-6-12(9,10)7-4-8/h2-4,6-7,9-10H,5H2,1H3. The molecule has 1 aliphatic heterocycles. The van der Waals surface area contributed by atoms with E-state index in [9.17, 15) is 0 Å². The molecule has 0 unspecified atom stereocenters. The molecule has 0 fully saturated rings. The first-order chi connectivity index (χ1) is 5.64. The predicted molar refractivity (Wildman–Crippen MR) is 51.1 cm³/mol. The van der Waals surface area contributed by atoms with Gasteiger partial charge in [-0.25, -0.2) is 0 Å². The van der Waals surface area contributed by atoms with Gasteiger partial charge < -0.3 is 4.74 Å². The first-order valence-corrected chi connectivity index (χ1v) is 5.15. The Labute approximate surface area is 73.4 Å². The van der Waals surface area contributed by atoms with Crippen LogP contribution in [0.1, 0.15) is 0 Å². The highest BCUT2D eigenvalue weighted by molar-refractivity contribution is 8.29. The van der Waals surface area contributed by atoms with Crippen molar-refractivity contribution in [1.82, 2.24) is 0 Å². The molecule has 1 aliphatic rings. The van der Waals surface area contributed by atoms with Crippen LogP contribution in [0.5, 0.6) is 0 Å². The van der Waals surface area contributed by atoms with E-state index in [-0.39, 0.29) is 0 Å². The highest BCUT2D eigenvalue weighted by Crippen LogP contribution is 2.44. The molecule has 1 rings (SSSR count). The Morgan fingerprint density at radius 3 is 2.50 bits per heavy atom. The molecule has 0 atom stereocenters. The average molecular weight is 188 g/mol. The number of hydrogen-bond acceptors (Lipinski definition) is 3. The van der Waals surface area contributed by atoms with Gasteiger partial charge in [0.05, 0.1) is 6.61 Å². The Kier molecular flexibility index (Phi) is 3.11. The first-order valence-electron chi connectivity index (χ1n) is 3.47. The quantitative estimate of drug-likeness (QED) is 0.699. The van der Waals surface area contributed by atoms with Gasteiger partial charge in [-0.2, -0.15) is 10.6 Å². The Balaban J connectivity index is 2.61. The Hall–Kier alpha value is -0.550. The molecule has 4 heteroatoms. The lowest BCUT2D eigenvalue weighted by Crippen LogP contribution is -1.93. The number of rotatable bonds is 2. The number of ether oxygens (including phenoxy) is 1. The number of methoxy groups -OCH3 is 1. The van der Waals surface area contributed by atoms with Crippen molar-refractivity contribution in [1.29, 1.82) is 0 Å². The van der Waals surface area contributed by atoms with Gasteiger partial charge in [-0.15, -0.1) is 0 Å². The van der Waals surface area contributed by atoms with Gasteiger partial charge in [0.25, 0.3) is 0 Å². The van der Waals surface area contributed by atoms with Crippen molar-refractivity contribution < 1.29 is 13.8 Å². The molecule has 0 amide bonds. The highest BCUT2D eigenvalue weighted by Gasteiger charge is 2.05. The van der Waals surface area contributed by atoms with Crippen LogP contribution >= 0.6 is 10.6 Å². The molecular weight excluding hydrogens is 176 g/mol. The molecule has 0 saturated heterocycles. The third kappa shape index (κ3) is 2.83. The third-order valence-electron chi connectivity index (χ3n) is 1.41. The monoisotopic (exact) mass is 188 g/mol. The summed E-state index contributed by atoms with van der Waals surface area (Å²) >= 11 is 0. The SMILES string of the molecule is COCC=C1C=CS(O)(O)C=C1. The van der Waals surface area contributed by atoms with Crippen LogP contribution in [0.4, 0.5) is 0 Å². The molecule has 0 bridgehead atoms. The van der Waals surface area contributed by atoms with Crippen LogP contribution in [0.25, 0.3) is 0 Å². The minimum absolute atomic E-state index is 0.531. The van der Waals surface area contributed by atoms with Crippen molar-refractivity contribution in [2.45, 2.75) is 0 Å². The van der Waals surface area contributed by atoms with Crippen molar-refractivity contribution in [2.24, 2.45) is 0 Å². The Bertz CT molecular complexity index is 223. The number of hydrogen-bond donors (Lipinski definition) is 2. The summed E-state index contributed by atoms with van der Waals surface area (Å²) in [6, 6.07) is 0. The van der Waals surface area contributed by atoms with E-state index >= 15 is 0 Å². The molecular formula is C8H12O3S. The van der Waals surface area contributed by atoms with E-state index in [4.69, 9.17) is 13.8 Å². The summed E-state index contributed by atoms with van der Waals surface area (Å²) in [4.78, 5) is 0. The second-order valence-electron chi connectivity index (χ2n) is 2.40. The van der Waals surface area contributed by atoms with Crippen LogP contribution in [0.2, 0.25) is 0 Å². The molecule has 2 N–H and O–H groups in total. The molecule has 1 heterocycles. The van der Waals surface area contributed by atoms with E-state index in [0.29, 0.717) is 6.61 Å². The molecule has 0 spiro atoms. The fourth-order valence-electron chi connectivity index (χ4n) is 0.774. The predicted octanol–water partition coefficient (Wildman–Crippen LogP) is 2.35. The summed E-state index contributed by atoms with van der Waals surface area (Å²) in [5.41, 5.74) is 0.933. The topological polar surface area (TPSA) is 49.7 Å². The molecule has 0 aromatic rings. The lowest BCUT2D eigenvalue weighted by atomic mass is 10.2. The van der Waals surface area contributed by atoms with Crippen LogP contribution in [-0.4, -0.2) is 22.8 Å². The second-order valence-corrected chi connectivity index (χ2v) is 4.23. The van der Waals surface area contributed by atoms with E-state index in [0.717, 1.165) is 5.57 Å². The zero-order valence-corrected chi connectivity index (χ0v) is 7.62. The van der Waals surface area contributed by atoms with Crippen molar-refractivity contribution in [3.05, 3.63) is 34.6 Å². The summed E-state index contributed by atoms with van der Waals surface area (Å²) in [6.45, 7) is 0.531. The van der Waals surface area contributed by atoms with Gasteiger partial charge in [0, 0.05) is 17.9 Å². The third-order valence-corrected chi connectivity index (χ3v) is 2.48. The molecule has 3 nitrogen and oxygen atoms in total. The Morgan fingerprint density at radius 2 is 2.00 bits per heavy atom. The van der Waals surface area contributed by atoms with Gasteiger partial charge in [0.1, 0.15) is 0 Å². The van der Waals surface area contributed by atoms with Crippen molar-refractivity contribution in [2.75, 3.05) is 13.7 Å². The van der Waals surface area contributed by atoms with Crippen LogP contribution in [0.15, 0.2) is 34.6 Å². The van der Waals surface area contributed by atoms with E-state index in [1.165, 1.54) is 10.8 Å². The minimum atomic E-state index is -2.58. The van der Waals surface area contributed by atoms with Crippen molar-refractivity contribution in [3.63, 3.8) is 0 Å². The van der Waals surface area contributed by atoms with Crippen LogP contribution in [0.3, 0.4) is 0 Å². The van der Waals surface area contributed by atoms with Gasteiger partial charge in [-0.1, -0.05) is 6.08 Å². The maximum absolute atomic E-state index is 9.12. The summed E-state index contributed by atoms with van der Waals surface area (Å²) in [6.07, 6.45) is 5.21. The van der Waals surface area contributed by atoms with Crippen molar-refractivity contribution >= 4 is 10.6 Å². The van der Waals surface area contributed by atoms with Gasteiger partial charge in [-0.3, -0.25) is 9.11 Å². The molecule has 68 valence electrons. The summed E-state index contributed by atoms with van der Waals surface area (Å²) in [5, 5.41) is 2.79. The lowest BCUT2D eigenvalue weighted by Gasteiger charge is -2.25. The molecule has 0 aliphatic carbocycles. The van der Waals surface area contributed by atoms with Gasteiger partial charge in [0.2, 0.25) is 0 Å². The smallest absolute Gasteiger partial charge is 0.0652 e. The summed E-state index contributed by atoms with van der Waals surface area (Å²) < 4.78 is 23.1. The van der Waals surface area contributed by atoms with E-state index in [1.807, 2.05) is 6.08 Å². The first kappa shape index (κ1) is 9.54. The Morgan fingerprint density at radius 1 is 1.42 bits per heavy atom. The molecule has 0 aromatic heterocycles. The van der Waals surface area contributed by atoms with Crippen LogP contribution in [0, 0.1) is 0 Å². The van der Waals surface area contributed by atoms with Crippen molar-refractivity contribution in [3.8, 4) is 0 Å². The largest absolute Gasteiger partial charge is 0.381 e. The molecule has 12 heavy (non-hydrogen) atoms. The summed E-state index contributed by atoms with van der Waals surface area (Å²) in [5.74, 6) is 0. The number of allylic oxidation sites excluding steroid dienone is 3. The highest BCUT2D eigenvalue weighted by atomic mass is 32.3. The lowest BCUT2D eigenvalue weighted by molar-refractivity contribution is 0.233.